The molecule has 3 atom stereocenters. The Bertz CT molecular complexity index is 660. The second-order valence-electron chi connectivity index (χ2n) is 9.07. The van der Waals surface area contributed by atoms with Gasteiger partial charge in [0.1, 0.15) is 12.0 Å². The van der Waals surface area contributed by atoms with E-state index < -0.39 is 24.2 Å². The molecule has 31 heavy (non-hydrogen) atoms. The van der Waals surface area contributed by atoms with Gasteiger partial charge < -0.3 is 5.32 Å². The minimum Gasteiger partial charge on any atom is -0.353 e. The van der Waals surface area contributed by atoms with E-state index in [9.17, 15) is 27.2 Å². The molecular weight excluding hydrogens is 438 g/mol. The zero-order valence-corrected chi connectivity index (χ0v) is 18.2. The van der Waals surface area contributed by atoms with Crippen LogP contribution in [0.5, 0.6) is 0 Å². The minimum atomic E-state index is -4.23. The highest BCUT2D eigenvalue weighted by Gasteiger charge is 2.42. The Kier molecular flexibility index (Phi) is 8.21. The van der Waals surface area contributed by atoms with Crippen molar-refractivity contribution >= 4 is 29.3 Å². The molecule has 3 rings (SSSR count). The first-order valence-corrected chi connectivity index (χ1v) is 11.6. The Morgan fingerprint density at radius 1 is 1.00 bits per heavy atom. The van der Waals surface area contributed by atoms with Crippen molar-refractivity contribution in [2.75, 3.05) is 0 Å². The first kappa shape index (κ1) is 24.3. The van der Waals surface area contributed by atoms with Crippen LogP contribution in [0.4, 0.5) is 17.6 Å². The molecular formula is C21H30ClF4N3O2. The van der Waals surface area contributed by atoms with Crippen molar-refractivity contribution in [3.05, 3.63) is 0 Å². The number of halogens is 5. The number of rotatable bonds is 3. The Hall–Kier alpha value is -1.38. The van der Waals surface area contributed by atoms with Crippen molar-refractivity contribution in [3.63, 3.8) is 0 Å². The fourth-order valence-electron chi connectivity index (χ4n) is 4.74. The van der Waals surface area contributed by atoms with Crippen LogP contribution >= 0.6 is 11.6 Å². The maximum absolute atomic E-state index is 13.9. The number of hydrogen-bond donors (Lipinski definition) is 2. The molecule has 0 heterocycles. The van der Waals surface area contributed by atoms with E-state index in [1.807, 2.05) is 0 Å². The van der Waals surface area contributed by atoms with Gasteiger partial charge in [-0.25, -0.2) is 9.38 Å². The van der Waals surface area contributed by atoms with Gasteiger partial charge in [0.25, 0.3) is 0 Å². The first-order chi connectivity index (χ1) is 14.6. The van der Waals surface area contributed by atoms with E-state index in [-0.39, 0.29) is 73.6 Å². The molecule has 0 aromatic carbocycles. The third-order valence-corrected chi connectivity index (χ3v) is 6.92. The molecule has 0 aromatic heterocycles. The summed E-state index contributed by atoms with van der Waals surface area (Å²) in [5, 5.41) is 5.53. The molecule has 3 aliphatic carbocycles. The number of hydrogen-bond acceptors (Lipinski definition) is 3. The van der Waals surface area contributed by atoms with Gasteiger partial charge in [-0.3, -0.25) is 14.9 Å². The number of ketones is 1. The van der Waals surface area contributed by atoms with E-state index in [2.05, 4.69) is 15.6 Å². The number of amides is 1. The fourth-order valence-corrected chi connectivity index (χ4v) is 5.15. The third-order valence-electron chi connectivity index (χ3n) is 6.56. The summed E-state index contributed by atoms with van der Waals surface area (Å²) in [6.45, 7) is 0. The van der Waals surface area contributed by atoms with Crippen molar-refractivity contribution in [1.29, 1.82) is 0 Å². The zero-order valence-electron chi connectivity index (χ0n) is 17.4. The number of carbonyl (C=O) groups excluding carboxylic acids is 2. The van der Waals surface area contributed by atoms with E-state index >= 15 is 0 Å². The van der Waals surface area contributed by atoms with E-state index in [0.29, 0.717) is 32.1 Å². The predicted molar refractivity (Wildman–Crippen MR) is 110 cm³/mol. The van der Waals surface area contributed by atoms with Gasteiger partial charge in [-0.15, -0.1) is 11.6 Å². The molecule has 3 unspecified atom stereocenters. The Balaban J connectivity index is 1.63. The molecule has 0 spiro atoms. The molecule has 10 heteroatoms. The monoisotopic (exact) mass is 467 g/mol. The van der Waals surface area contributed by atoms with E-state index in [4.69, 9.17) is 11.6 Å². The van der Waals surface area contributed by atoms with E-state index in [0.717, 1.165) is 0 Å². The van der Waals surface area contributed by atoms with Crippen molar-refractivity contribution in [2.24, 2.45) is 16.8 Å². The molecule has 2 N–H and O–H groups in total. The van der Waals surface area contributed by atoms with Crippen molar-refractivity contribution in [1.82, 2.24) is 10.6 Å². The summed E-state index contributed by atoms with van der Waals surface area (Å²) in [5.41, 5.74) is 0. The summed E-state index contributed by atoms with van der Waals surface area (Å²) in [6.07, 6.45) is -2.00. The molecule has 3 saturated carbocycles. The highest BCUT2D eigenvalue weighted by Crippen LogP contribution is 2.39. The Labute approximate surface area is 184 Å². The third kappa shape index (κ3) is 7.32. The second kappa shape index (κ2) is 10.5. The number of carbonyl (C=O) groups is 2. The van der Waals surface area contributed by atoms with Crippen LogP contribution in [0.3, 0.4) is 0 Å². The maximum atomic E-state index is 13.9. The minimum absolute atomic E-state index is 0.0632. The normalized spacial score (nSPS) is 33.8. The van der Waals surface area contributed by atoms with Gasteiger partial charge in [0.15, 0.2) is 5.96 Å². The predicted octanol–water partition coefficient (Wildman–Crippen LogP) is 4.43. The topological polar surface area (TPSA) is 70.6 Å². The van der Waals surface area contributed by atoms with Gasteiger partial charge in [-0.2, -0.15) is 13.2 Å². The molecule has 5 nitrogen and oxygen atoms in total. The number of nitrogens with one attached hydrogen (secondary N) is 2. The lowest BCUT2D eigenvalue weighted by Gasteiger charge is -2.32. The molecule has 0 bridgehead atoms. The lowest BCUT2D eigenvalue weighted by atomic mass is 9.81. The van der Waals surface area contributed by atoms with Gasteiger partial charge in [-0.05, 0) is 57.8 Å². The van der Waals surface area contributed by atoms with Crippen LogP contribution in [0.1, 0.15) is 70.6 Å². The van der Waals surface area contributed by atoms with Gasteiger partial charge in [0.05, 0.1) is 12.0 Å². The highest BCUT2D eigenvalue weighted by molar-refractivity contribution is 6.20. The van der Waals surface area contributed by atoms with Gasteiger partial charge in [0.2, 0.25) is 5.91 Å². The fraction of sp³-hybridized carbons (Fsp3) is 0.857. The summed E-state index contributed by atoms with van der Waals surface area (Å²) < 4.78 is 52.6. The van der Waals surface area contributed by atoms with Crippen molar-refractivity contribution in [2.45, 2.75) is 100 Å². The van der Waals surface area contributed by atoms with Crippen LogP contribution in [0, 0.1) is 11.8 Å². The maximum Gasteiger partial charge on any atom is 0.391 e. The lowest BCUT2D eigenvalue weighted by Crippen LogP contribution is -2.51. The van der Waals surface area contributed by atoms with Crippen LogP contribution in [0.25, 0.3) is 0 Å². The standard InChI is InChI=1S/C21H30ClF4N3O2/c22-14-9-15(23)11-17(10-14)28-20(27-16-5-7-18(30)8-6-16)29-19(31)12-1-3-13(4-2-12)21(24,25)26/h12-17H,1-11H2,(H2,27,28,29,31). The lowest BCUT2D eigenvalue weighted by molar-refractivity contribution is -0.184. The van der Waals surface area contributed by atoms with Crippen LogP contribution in [0.15, 0.2) is 4.99 Å². The van der Waals surface area contributed by atoms with Gasteiger partial charge in [-0.1, -0.05) is 0 Å². The SMILES string of the molecule is O=C1CCC(N=C(NC(=O)C2CCC(C(F)(F)F)CC2)NC2CC(F)CC(Cl)C2)CC1. The molecule has 0 radical (unpaired) electrons. The molecule has 1 amide bonds. The average Bonchev–Trinajstić information content (AvgIpc) is 2.68. The smallest absolute Gasteiger partial charge is 0.353 e. The first-order valence-electron chi connectivity index (χ1n) is 11.1. The Morgan fingerprint density at radius 3 is 2.23 bits per heavy atom. The van der Waals surface area contributed by atoms with Crippen LogP contribution in [-0.4, -0.2) is 47.5 Å². The van der Waals surface area contributed by atoms with E-state index in [1.54, 1.807) is 0 Å². The quantitative estimate of drug-likeness (QED) is 0.279. The summed E-state index contributed by atoms with van der Waals surface area (Å²) >= 11 is 6.14. The molecule has 176 valence electrons. The molecule has 0 aromatic rings. The van der Waals surface area contributed by atoms with Crippen LogP contribution < -0.4 is 10.6 Å². The number of Topliss-reactive ketones (excluding diaryl/α,β-unsaturated/α-hetero) is 1. The average molecular weight is 468 g/mol. The van der Waals surface area contributed by atoms with Crippen LogP contribution in [-0.2, 0) is 9.59 Å². The largest absolute Gasteiger partial charge is 0.391 e. The van der Waals surface area contributed by atoms with Crippen molar-refractivity contribution in [3.8, 4) is 0 Å². The molecule has 3 fully saturated rings. The highest BCUT2D eigenvalue weighted by atomic mass is 35.5. The summed E-state index contributed by atoms with van der Waals surface area (Å²) in [7, 11) is 0. The summed E-state index contributed by atoms with van der Waals surface area (Å²) in [6, 6.07) is -0.436. The van der Waals surface area contributed by atoms with Gasteiger partial charge in [0, 0.05) is 30.2 Å². The Morgan fingerprint density at radius 2 is 1.65 bits per heavy atom. The number of nitrogens with zero attached hydrogens (tertiary/aromatic N) is 1. The van der Waals surface area contributed by atoms with Gasteiger partial charge >= 0.3 is 6.18 Å². The zero-order chi connectivity index (χ0) is 22.6. The van der Waals surface area contributed by atoms with Crippen LogP contribution in [0.2, 0.25) is 0 Å². The number of aliphatic imine (C=N–C) groups is 1. The summed E-state index contributed by atoms with van der Waals surface area (Å²) in [4.78, 5) is 28.8. The summed E-state index contributed by atoms with van der Waals surface area (Å²) in [5.74, 6) is -1.84. The number of alkyl halides is 5. The molecule has 3 aliphatic rings. The molecule has 0 aliphatic heterocycles. The van der Waals surface area contributed by atoms with Crippen molar-refractivity contribution < 1.29 is 27.2 Å². The number of guanidine groups is 1. The second-order valence-corrected chi connectivity index (χ2v) is 9.69. The molecule has 0 saturated heterocycles. The van der Waals surface area contributed by atoms with E-state index in [1.165, 1.54) is 0 Å².